The summed E-state index contributed by atoms with van der Waals surface area (Å²) in [4.78, 5) is 4.34. The van der Waals surface area contributed by atoms with Gasteiger partial charge in [-0.2, -0.15) is 8.42 Å². The van der Waals surface area contributed by atoms with Crippen LogP contribution in [0.15, 0.2) is 10.5 Å². The second-order valence-electron chi connectivity index (χ2n) is 4.21. The highest BCUT2D eigenvalue weighted by Gasteiger charge is 2.12. The van der Waals surface area contributed by atoms with Crippen molar-refractivity contribution in [2.45, 2.75) is 40.0 Å². The van der Waals surface area contributed by atoms with Gasteiger partial charge in [-0.15, -0.1) is 0 Å². The molecule has 0 bridgehead atoms. The van der Waals surface area contributed by atoms with E-state index in [0.29, 0.717) is 24.5 Å². The van der Waals surface area contributed by atoms with E-state index in [1.165, 1.54) is 0 Å². The minimum absolute atomic E-state index is 0.252. The summed E-state index contributed by atoms with van der Waals surface area (Å²) < 4.78 is 35.4. The fourth-order valence-electron chi connectivity index (χ4n) is 1.64. The Balaban J connectivity index is 2.71. The van der Waals surface area contributed by atoms with Crippen LogP contribution in [0.1, 0.15) is 44.0 Å². The first-order chi connectivity index (χ1) is 8.33. The van der Waals surface area contributed by atoms with Gasteiger partial charge in [0, 0.05) is 5.57 Å². The van der Waals surface area contributed by atoms with E-state index in [-0.39, 0.29) is 5.75 Å². The number of aromatic nitrogens is 1. The third-order valence-corrected chi connectivity index (χ3v) is 3.36. The summed E-state index contributed by atoms with van der Waals surface area (Å²) >= 11 is 0. The van der Waals surface area contributed by atoms with E-state index >= 15 is 0 Å². The maximum absolute atomic E-state index is 10.6. The van der Waals surface area contributed by atoms with Crippen molar-refractivity contribution < 1.29 is 17.4 Å². The average Bonchev–Trinajstić information content (AvgIpc) is 2.59. The summed E-state index contributed by atoms with van der Waals surface area (Å²) in [6, 6.07) is 0. The first-order valence-electron chi connectivity index (χ1n) is 5.92. The van der Waals surface area contributed by atoms with Crippen molar-refractivity contribution in [3.63, 3.8) is 0 Å². The smallest absolute Gasteiger partial charge is 0.264 e. The molecule has 0 saturated heterocycles. The molecule has 0 fully saturated rings. The summed E-state index contributed by atoms with van der Waals surface area (Å²) in [6.07, 6.45) is 3.75. The van der Waals surface area contributed by atoms with Crippen molar-refractivity contribution in [2.24, 2.45) is 0 Å². The lowest BCUT2D eigenvalue weighted by atomic mass is 10.2. The standard InChI is InChI=1S/C12H19NO4S/c1-4-6-9(2)12-13-11(10(3)17-12)7-5-8-18(14,15)16/h6H,4-5,7-8H2,1-3H3,(H,14,15,16)/b9-6+. The monoisotopic (exact) mass is 273 g/mol. The maximum atomic E-state index is 10.6. The summed E-state index contributed by atoms with van der Waals surface area (Å²) in [6.45, 7) is 5.77. The van der Waals surface area contributed by atoms with Crippen molar-refractivity contribution in [1.82, 2.24) is 4.98 Å². The molecule has 0 radical (unpaired) electrons. The summed E-state index contributed by atoms with van der Waals surface area (Å²) in [5.74, 6) is 1.03. The second-order valence-corrected chi connectivity index (χ2v) is 5.78. The van der Waals surface area contributed by atoms with Crippen LogP contribution in [0.4, 0.5) is 0 Å². The number of allylic oxidation sites excluding steroid dienone is 2. The zero-order chi connectivity index (χ0) is 13.8. The molecule has 0 atom stereocenters. The van der Waals surface area contributed by atoms with E-state index in [1.54, 1.807) is 6.92 Å². The molecule has 18 heavy (non-hydrogen) atoms. The van der Waals surface area contributed by atoms with Crippen molar-refractivity contribution in [1.29, 1.82) is 0 Å². The van der Waals surface area contributed by atoms with E-state index in [0.717, 1.165) is 17.7 Å². The topological polar surface area (TPSA) is 80.4 Å². The highest BCUT2D eigenvalue weighted by atomic mass is 32.2. The van der Waals surface area contributed by atoms with Crippen LogP contribution in [0.2, 0.25) is 0 Å². The third kappa shape index (κ3) is 4.62. The Morgan fingerprint density at radius 2 is 2.17 bits per heavy atom. The molecular formula is C12H19NO4S. The summed E-state index contributed by atoms with van der Waals surface area (Å²) in [5.41, 5.74) is 1.72. The predicted octanol–water partition coefficient (Wildman–Crippen LogP) is 2.62. The molecule has 5 nitrogen and oxygen atoms in total. The molecule has 0 aliphatic carbocycles. The van der Waals surface area contributed by atoms with E-state index in [1.807, 2.05) is 19.9 Å². The maximum Gasteiger partial charge on any atom is 0.264 e. The summed E-state index contributed by atoms with van der Waals surface area (Å²) in [7, 11) is -3.90. The van der Waals surface area contributed by atoms with Crippen molar-refractivity contribution in [3.8, 4) is 0 Å². The number of aryl methyl sites for hydroxylation is 2. The fraction of sp³-hybridized carbons (Fsp3) is 0.583. The van der Waals surface area contributed by atoms with Crippen molar-refractivity contribution in [3.05, 3.63) is 23.4 Å². The molecule has 1 aromatic rings. The molecule has 0 aliphatic heterocycles. The molecule has 0 saturated carbocycles. The van der Waals surface area contributed by atoms with Gasteiger partial charge in [0.2, 0.25) is 5.89 Å². The van der Waals surface area contributed by atoms with Crippen LogP contribution >= 0.6 is 0 Å². The van der Waals surface area contributed by atoms with Crippen LogP contribution in [0.5, 0.6) is 0 Å². The van der Waals surface area contributed by atoms with E-state index in [9.17, 15) is 8.42 Å². The van der Waals surface area contributed by atoms with Crippen LogP contribution in [0.25, 0.3) is 5.57 Å². The van der Waals surface area contributed by atoms with Gasteiger partial charge in [-0.25, -0.2) is 4.98 Å². The van der Waals surface area contributed by atoms with Gasteiger partial charge in [-0.1, -0.05) is 13.0 Å². The Hall–Kier alpha value is -1.14. The molecule has 0 aliphatic rings. The zero-order valence-electron chi connectivity index (χ0n) is 10.9. The Bertz CT molecular complexity index is 528. The predicted molar refractivity (Wildman–Crippen MR) is 69.9 cm³/mol. The van der Waals surface area contributed by atoms with Crippen molar-refractivity contribution >= 4 is 15.7 Å². The normalized spacial score (nSPS) is 13.0. The molecule has 6 heteroatoms. The van der Waals surface area contributed by atoms with E-state index in [4.69, 9.17) is 8.97 Å². The van der Waals surface area contributed by atoms with Gasteiger partial charge in [-0.05, 0) is 33.1 Å². The molecule has 1 N–H and O–H groups in total. The molecule has 0 aromatic carbocycles. The highest BCUT2D eigenvalue weighted by molar-refractivity contribution is 7.85. The number of rotatable bonds is 6. The molecule has 1 heterocycles. The number of nitrogens with zero attached hydrogens (tertiary/aromatic N) is 1. The number of oxazole rings is 1. The van der Waals surface area contributed by atoms with Crippen molar-refractivity contribution in [2.75, 3.05) is 5.75 Å². The molecule has 0 unspecified atom stereocenters. The lowest BCUT2D eigenvalue weighted by Gasteiger charge is -1.96. The lowest BCUT2D eigenvalue weighted by molar-refractivity contribution is 0.480. The Morgan fingerprint density at radius 3 is 2.72 bits per heavy atom. The van der Waals surface area contributed by atoms with Gasteiger partial charge in [0.1, 0.15) is 5.76 Å². The molecular weight excluding hydrogens is 254 g/mol. The van der Waals surface area contributed by atoms with Crippen LogP contribution in [-0.4, -0.2) is 23.7 Å². The quantitative estimate of drug-likeness (QED) is 0.806. The zero-order valence-corrected chi connectivity index (χ0v) is 11.7. The molecule has 102 valence electrons. The first kappa shape index (κ1) is 14.9. The number of hydrogen-bond donors (Lipinski definition) is 1. The Labute approximate surface area is 108 Å². The lowest BCUT2D eigenvalue weighted by Crippen LogP contribution is -2.05. The minimum atomic E-state index is -3.90. The third-order valence-electron chi connectivity index (χ3n) is 2.56. The van der Waals surface area contributed by atoms with Crippen LogP contribution < -0.4 is 0 Å². The fourth-order valence-corrected chi connectivity index (χ4v) is 2.15. The SMILES string of the molecule is CC/C=C(\C)c1nc(CCCS(=O)(=O)O)c(C)o1. The van der Waals surface area contributed by atoms with Gasteiger partial charge in [0.25, 0.3) is 10.1 Å². The Morgan fingerprint density at radius 1 is 1.50 bits per heavy atom. The van der Waals surface area contributed by atoms with Crippen LogP contribution in [0.3, 0.4) is 0 Å². The van der Waals surface area contributed by atoms with Crippen LogP contribution in [0, 0.1) is 6.92 Å². The molecule has 1 rings (SSSR count). The van der Waals surface area contributed by atoms with Gasteiger partial charge in [-0.3, -0.25) is 4.55 Å². The second kappa shape index (κ2) is 6.15. The van der Waals surface area contributed by atoms with Gasteiger partial charge in [0.05, 0.1) is 11.4 Å². The van der Waals surface area contributed by atoms with E-state index < -0.39 is 10.1 Å². The molecule has 0 spiro atoms. The first-order valence-corrected chi connectivity index (χ1v) is 7.53. The van der Waals surface area contributed by atoms with Crippen LogP contribution in [-0.2, 0) is 16.5 Å². The van der Waals surface area contributed by atoms with E-state index in [2.05, 4.69) is 4.98 Å². The van der Waals surface area contributed by atoms with Gasteiger partial charge in [0.15, 0.2) is 0 Å². The average molecular weight is 273 g/mol. The molecule has 1 aromatic heterocycles. The summed E-state index contributed by atoms with van der Waals surface area (Å²) in [5, 5.41) is 0. The largest absolute Gasteiger partial charge is 0.442 e. The highest BCUT2D eigenvalue weighted by Crippen LogP contribution is 2.19. The molecule has 0 amide bonds. The Kier molecular flexibility index (Phi) is 5.10. The van der Waals surface area contributed by atoms with Gasteiger partial charge >= 0.3 is 0 Å². The minimum Gasteiger partial charge on any atom is -0.442 e. The number of hydrogen-bond acceptors (Lipinski definition) is 4. The van der Waals surface area contributed by atoms with Gasteiger partial charge < -0.3 is 4.42 Å².